The monoisotopic (exact) mass is 378 g/mol. The van der Waals surface area contributed by atoms with E-state index in [1.165, 1.54) is 15.6 Å². The van der Waals surface area contributed by atoms with Crippen molar-refractivity contribution in [3.05, 3.63) is 47.6 Å². The Kier molecular flexibility index (Phi) is 5.11. The SMILES string of the molecule is Cc1ccn(-c2ccc(NCCN(C)S(=O)(=O)c3cccs3)nn2)n1. The maximum absolute atomic E-state index is 12.3. The van der Waals surface area contributed by atoms with Crippen molar-refractivity contribution in [1.29, 1.82) is 0 Å². The van der Waals surface area contributed by atoms with Crippen LogP contribution < -0.4 is 5.32 Å². The maximum Gasteiger partial charge on any atom is 0.252 e. The van der Waals surface area contributed by atoms with Crippen LogP contribution in [0.4, 0.5) is 5.82 Å². The Morgan fingerprint density at radius 2 is 2.08 bits per heavy atom. The van der Waals surface area contributed by atoms with E-state index < -0.39 is 10.0 Å². The van der Waals surface area contributed by atoms with Gasteiger partial charge in [-0.25, -0.2) is 13.1 Å². The second-order valence-electron chi connectivity index (χ2n) is 5.36. The lowest BCUT2D eigenvalue weighted by molar-refractivity contribution is 0.482. The van der Waals surface area contributed by atoms with Gasteiger partial charge in [-0.2, -0.15) is 9.40 Å². The van der Waals surface area contributed by atoms with E-state index in [0.29, 0.717) is 28.9 Å². The third-order valence-corrected chi connectivity index (χ3v) is 6.73. The largest absolute Gasteiger partial charge is 0.367 e. The molecule has 0 unspecified atom stereocenters. The Bertz CT molecular complexity index is 919. The Morgan fingerprint density at radius 3 is 2.68 bits per heavy atom. The highest BCUT2D eigenvalue weighted by Crippen LogP contribution is 2.19. The number of hydrogen-bond acceptors (Lipinski definition) is 7. The van der Waals surface area contributed by atoms with Gasteiger partial charge in [0.1, 0.15) is 10.0 Å². The van der Waals surface area contributed by atoms with Gasteiger partial charge in [-0.15, -0.1) is 21.5 Å². The van der Waals surface area contributed by atoms with E-state index in [1.807, 2.05) is 19.2 Å². The molecule has 0 bridgehead atoms. The molecule has 132 valence electrons. The van der Waals surface area contributed by atoms with Gasteiger partial charge in [0, 0.05) is 26.3 Å². The summed E-state index contributed by atoms with van der Waals surface area (Å²) in [6, 6.07) is 8.80. The fourth-order valence-electron chi connectivity index (χ4n) is 2.11. The minimum absolute atomic E-state index is 0.321. The fraction of sp³-hybridized carbons (Fsp3) is 0.267. The van der Waals surface area contributed by atoms with Gasteiger partial charge in [0.15, 0.2) is 5.82 Å². The standard InChI is InChI=1S/C15H18N6O2S2/c1-12-7-9-21(19-12)14-6-5-13(17-18-14)16-8-10-20(2)25(22,23)15-4-3-11-24-15/h3-7,9,11H,8,10H2,1-2H3,(H,16,17). The summed E-state index contributed by atoms with van der Waals surface area (Å²) in [5, 5.41) is 17.3. The second-order valence-corrected chi connectivity index (χ2v) is 8.58. The molecular formula is C15H18N6O2S2. The van der Waals surface area contributed by atoms with Crippen LogP contribution in [0.3, 0.4) is 0 Å². The molecule has 3 aromatic rings. The van der Waals surface area contributed by atoms with Crippen LogP contribution in [0.15, 0.2) is 46.1 Å². The van der Waals surface area contributed by atoms with Gasteiger partial charge >= 0.3 is 0 Å². The predicted molar refractivity (Wildman–Crippen MR) is 96.5 cm³/mol. The zero-order chi connectivity index (χ0) is 17.9. The molecule has 3 heterocycles. The lowest BCUT2D eigenvalue weighted by atomic mass is 10.5. The Balaban J connectivity index is 1.55. The molecule has 8 nitrogen and oxygen atoms in total. The highest BCUT2D eigenvalue weighted by molar-refractivity contribution is 7.91. The Morgan fingerprint density at radius 1 is 1.24 bits per heavy atom. The number of anilines is 1. The molecular weight excluding hydrogens is 360 g/mol. The van der Waals surface area contributed by atoms with Crippen molar-refractivity contribution in [2.75, 3.05) is 25.5 Å². The molecule has 3 aromatic heterocycles. The molecule has 3 rings (SSSR count). The zero-order valence-electron chi connectivity index (χ0n) is 13.8. The van der Waals surface area contributed by atoms with Gasteiger partial charge in [-0.05, 0) is 36.6 Å². The second kappa shape index (κ2) is 7.30. The number of sulfonamides is 1. The van der Waals surface area contributed by atoms with E-state index in [4.69, 9.17) is 0 Å². The summed E-state index contributed by atoms with van der Waals surface area (Å²) in [5.74, 6) is 1.20. The molecule has 0 atom stereocenters. The summed E-state index contributed by atoms with van der Waals surface area (Å²) in [7, 11) is -1.87. The fourth-order valence-corrected chi connectivity index (χ4v) is 4.48. The number of nitrogens with zero attached hydrogens (tertiary/aromatic N) is 5. The van der Waals surface area contributed by atoms with E-state index in [2.05, 4.69) is 20.6 Å². The summed E-state index contributed by atoms with van der Waals surface area (Å²) in [6.07, 6.45) is 1.82. The molecule has 0 aromatic carbocycles. The Labute approximate surface area is 150 Å². The summed E-state index contributed by atoms with van der Waals surface area (Å²) >= 11 is 1.21. The van der Waals surface area contributed by atoms with E-state index in [-0.39, 0.29) is 0 Å². The van der Waals surface area contributed by atoms with Crippen molar-refractivity contribution in [1.82, 2.24) is 24.3 Å². The number of aryl methyl sites for hydroxylation is 1. The van der Waals surface area contributed by atoms with Crippen molar-refractivity contribution >= 4 is 27.2 Å². The van der Waals surface area contributed by atoms with Crippen LogP contribution in [-0.4, -0.2) is 52.8 Å². The maximum atomic E-state index is 12.3. The average Bonchev–Trinajstić information content (AvgIpc) is 3.27. The highest BCUT2D eigenvalue weighted by atomic mass is 32.2. The van der Waals surface area contributed by atoms with Crippen molar-refractivity contribution in [3.63, 3.8) is 0 Å². The van der Waals surface area contributed by atoms with Crippen LogP contribution in [0.25, 0.3) is 5.82 Å². The lowest BCUT2D eigenvalue weighted by Crippen LogP contribution is -2.31. The molecule has 0 radical (unpaired) electrons. The minimum Gasteiger partial charge on any atom is -0.367 e. The van der Waals surface area contributed by atoms with Gasteiger partial charge in [-0.1, -0.05) is 6.07 Å². The Hall–Kier alpha value is -2.30. The lowest BCUT2D eigenvalue weighted by Gasteiger charge is -2.16. The summed E-state index contributed by atoms with van der Waals surface area (Å²) < 4.78 is 27.9. The molecule has 10 heteroatoms. The zero-order valence-corrected chi connectivity index (χ0v) is 15.5. The summed E-state index contributed by atoms with van der Waals surface area (Å²) in [5.41, 5.74) is 0.902. The summed E-state index contributed by atoms with van der Waals surface area (Å²) in [6.45, 7) is 2.65. The molecule has 0 spiro atoms. The van der Waals surface area contributed by atoms with Crippen molar-refractivity contribution in [2.45, 2.75) is 11.1 Å². The summed E-state index contributed by atoms with van der Waals surface area (Å²) in [4.78, 5) is 0. The van der Waals surface area contributed by atoms with Gasteiger partial charge in [0.05, 0.1) is 5.69 Å². The molecule has 0 saturated heterocycles. The normalized spacial score (nSPS) is 11.8. The van der Waals surface area contributed by atoms with Gasteiger partial charge < -0.3 is 5.32 Å². The number of rotatable bonds is 7. The molecule has 0 aliphatic carbocycles. The first kappa shape index (κ1) is 17.5. The molecule has 0 fully saturated rings. The van der Waals surface area contributed by atoms with Crippen molar-refractivity contribution in [3.8, 4) is 5.82 Å². The van der Waals surface area contributed by atoms with E-state index >= 15 is 0 Å². The number of hydrogen-bond donors (Lipinski definition) is 1. The van der Waals surface area contributed by atoms with E-state index in [0.717, 1.165) is 5.69 Å². The number of aromatic nitrogens is 4. The molecule has 25 heavy (non-hydrogen) atoms. The van der Waals surface area contributed by atoms with E-state index in [1.54, 1.807) is 41.4 Å². The van der Waals surface area contributed by atoms with Crippen LogP contribution >= 0.6 is 11.3 Å². The minimum atomic E-state index is -3.43. The first-order valence-electron chi connectivity index (χ1n) is 7.57. The topological polar surface area (TPSA) is 93.0 Å². The highest BCUT2D eigenvalue weighted by Gasteiger charge is 2.21. The van der Waals surface area contributed by atoms with Crippen molar-refractivity contribution in [2.24, 2.45) is 0 Å². The van der Waals surface area contributed by atoms with Gasteiger partial charge in [0.25, 0.3) is 10.0 Å². The predicted octanol–water partition coefficient (Wildman–Crippen LogP) is 1.76. The van der Waals surface area contributed by atoms with Crippen LogP contribution in [0.2, 0.25) is 0 Å². The third kappa shape index (κ3) is 4.03. The van der Waals surface area contributed by atoms with Crippen LogP contribution in [-0.2, 0) is 10.0 Å². The third-order valence-electron chi connectivity index (χ3n) is 3.50. The first-order valence-corrected chi connectivity index (χ1v) is 9.89. The molecule has 0 aliphatic heterocycles. The van der Waals surface area contributed by atoms with Gasteiger partial charge in [-0.3, -0.25) is 0 Å². The van der Waals surface area contributed by atoms with Crippen molar-refractivity contribution < 1.29 is 8.42 Å². The number of thiophene rings is 1. The molecule has 0 saturated carbocycles. The molecule has 0 aliphatic rings. The quantitative estimate of drug-likeness (QED) is 0.673. The van der Waals surface area contributed by atoms with Crippen LogP contribution in [0.5, 0.6) is 0 Å². The first-order chi connectivity index (χ1) is 12.0. The number of likely N-dealkylation sites (N-methyl/N-ethyl adjacent to an activating group) is 1. The van der Waals surface area contributed by atoms with Crippen LogP contribution in [0.1, 0.15) is 5.69 Å². The average molecular weight is 378 g/mol. The van der Waals surface area contributed by atoms with Gasteiger partial charge in [0.2, 0.25) is 0 Å². The van der Waals surface area contributed by atoms with Crippen LogP contribution in [0, 0.1) is 6.92 Å². The number of nitrogens with one attached hydrogen (secondary N) is 1. The molecule has 1 N–H and O–H groups in total. The smallest absolute Gasteiger partial charge is 0.252 e. The molecule has 0 amide bonds. The van der Waals surface area contributed by atoms with E-state index in [9.17, 15) is 8.42 Å².